The minimum atomic E-state index is -0.397. The SMILES string of the molecule is CCCNc1ccc(Cl)c(C(=O)Nc2nnc(C)s2)n1. The molecule has 1 amide bonds. The summed E-state index contributed by atoms with van der Waals surface area (Å²) < 4.78 is 0. The molecule has 0 aliphatic heterocycles. The first-order valence-corrected chi connectivity index (χ1v) is 7.31. The van der Waals surface area contributed by atoms with Gasteiger partial charge in [-0.05, 0) is 25.5 Å². The van der Waals surface area contributed by atoms with Crippen molar-refractivity contribution in [2.45, 2.75) is 20.3 Å². The topological polar surface area (TPSA) is 79.8 Å². The molecule has 2 aromatic rings. The Hall–Kier alpha value is -1.73. The summed E-state index contributed by atoms with van der Waals surface area (Å²) in [5.74, 6) is 0.223. The van der Waals surface area contributed by atoms with E-state index < -0.39 is 5.91 Å². The highest BCUT2D eigenvalue weighted by Gasteiger charge is 2.15. The molecule has 0 fully saturated rings. The number of anilines is 2. The number of hydrogen-bond donors (Lipinski definition) is 2. The molecular formula is C12H14ClN5OS. The van der Waals surface area contributed by atoms with Crippen LogP contribution in [0.25, 0.3) is 0 Å². The number of aromatic nitrogens is 3. The highest BCUT2D eigenvalue weighted by Crippen LogP contribution is 2.20. The zero-order valence-electron chi connectivity index (χ0n) is 11.1. The van der Waals surface area contributed by atoms with Gasteiger partial charge >= 0.3 is 0 Å². The highest BCUT2D eigenvalue weighted by atomic mass is 35.5. The minimum absolute atomic E-state index is 0.167. The molecule has 0 bridgehead atoms. The Bertz CT molecular complexity index is 616. The number of carbonyl (C=O) groups excluding carboxylic acids is 1. The largest absolute Gasteiger partial charge is 0.370 e. The predicted octanol–water partition coefficient (Wildman–Crippen LogP) is 2.97. The Labute approximate surface area is 125 Å². The lowest BCUT2D eigenvalue weighted by molar-refractivity contribution is 0.102. The van der Waals surface area contributed by atoms with E-state index in [0.29, 0.717) is 16.0 Å². The van der Waals surface area contributed by atoms with E-state index in [4.69, 9.17) is 11.6 Å². The molecule has 6 nitrogen and oxygen atoms in total. The van der Waals surface area contributed by atoms with Crippen molar-refractivity contribution in [3.05, 3.63) is 27.9 Å². The van der Waals surface area contributed by atoms with E-state index in [9.17, 15) is 4.79 Å². The minimum Gasteiger partial charge on any atom is -0.370 e. The molecule has 0 unspecified atom stereocenters. The lowest BCUT2D eigenvalue weighted by Crippen LogP contribution is -2.15. The lowest BCUT2D eigenvalue weighted by Gasteiger charge is -2.07. The van der Waals surface area contributed by atoms with E-state index in [1.54, 1.807) is 12.1 Å². The monoisotopic (exact) mass is 311 g/mol. The molecule has 0 atom stereocenters. The number of amides is 1. The van der Waals surface area contributed by atoms with Gasteiger partial charge in [-0.3, -0.25) is 10.1 Å². The van der Waals surface area contributed by atoms with Gasteiger partial charge in [0.2, 0.25) is 5.13 Å². The molecular weight excluding hydrogens is 298 g/mol. The Morgan fingerprint density at radius 3 is 2.85 bits per heavy atom. The fourth-order valence-corrected chi connectivity index (χ4v) is 2.23. The van der Waals surface area contributed by atoms with E-state index in [1.807, 2.05) is 13.8 Å². The molecule has 2 N–H and O–H groups in total. The van der Waals surface area contributed by atoms with Gasteiger partial charge in [0.15, 0.2) is 0 Å². The van der Waals surface area contributed by atoms with Crippen molar-refractivity contribution in [3.8, 4) is 0 Å². The summed E-state index contributed by atoms with van der Waals surface area (Å²) in [4.78, 5) is 16.3. The van der Waals surface area contributed by atoms with Crippen LogP contribution >= 0.6 is 22.9 Å². The fourth-order valence-electron chi connectivity index (χ4n) is 1.46. The molecule has 2 heterocycles. The summed E-state index contributed by atoms with van der Waals surface area (Å²) in [5.41, 5.74) is 0.167. The van der Waals surface area contributed by atoms with Crippen LogP contribution in [-0.4, -0.2) is 27.6 Å². The van der Waals surface area contributed by atoms with Crippen LogP contribution in [0.15, 0.2) is 12.1 Å². The quantitative estimate of drug-likeness (QED) is 0.887. The molecule has 0 aliphatic carbocycles. The van der Waals surface area contributed by atoms with E-state index in [-0.39, 0.29) is 5.69 Å². The third-order valence-electron chi connectivity index (χ3n) is 2.36. The summed E-state index contributed by atoms with van der Waals surface area (Å²) >= 11 is 7.31. The standard InChI is InChI=1S/C12H14ClN5OS/c1-3-6-14-9-5-4-8(13)10(15-9)11(19)16-12-18-17-7(2)20-12/h4-5H,3,6H2,1-2H3,(H,14,15)(H,16,18,19). The van der Waals surface area contributed by atoms with Gasteiger partial charge in [-0.1, -0.05) is 29.9 Å². The van der Waals surface area contributed by atoms with Crippen molar-refractivity contribution in [2.24, 2.45) is 0 Å². The summed E-state index contributed by atoms with van der Waals surface area (Å²) in [7, 11) is 0. The number of nitrogens with zero attached hydrogens (tertiary/aromatic N) is 3. The summed E-state index contributed by atoms with van der Waals surface area (Å²) in [6.07, 6.45) is 0.968. The molecule has 0 saturated heterocycles. The molecule has 8 heteroatoms. The molecule has 2 rings (SSSR count). The van der Waals surface area contributed by atoms with Crippen molar-refractivity contribution in [3.63, 3.8) is 0 Å². The Morgan fingerprint density at radius 1 is 1.40 bits per heavy atom. The maximum absolute atomic E-state index is 12.1. The second kappa shape index (κ2) is 6.62. The average Bonchev–Trinajstić information content (AvgIpc) is 2.83. The zero-order valence-corrected chi connectivity index (χ0v) is 12.7. The Balaban J connectivity index is 2.15. The van der Waals surface area contributed by atoms with Crippen LogP contribution in [0.2, 0.25) is 5.02 Å². The highest BCUT2D eigenvalue weighted by molar-refractivity contribution is 7.15. The van der Waals surface area contributed by atoms with Gasteiger partial charge in [-0.2, -0.15) is 0 Å². The van der Waals surface area contributed by atoms with Gasteiger partial charge in [0, 0.05) is 6.54 Å². The average molecular weight is 312 g/mol. The van der Waals surface area contributed by atoms with E-state index in [1.165, 1.54) is 11.3 Å². The van der Waals surface area contributed by atoms with Crippen LogP contribution in [0.4, 0.5) is 10.9 Å². The Morgan fingerprint density at radius 2 is 2.20 bits per heavy atom. The summed E-state index contributed by atoms with van der Waals surface area (Å²) in [6, 6.07) is 3.39. The van der Waals surface area contributed by atoms with Gasteiger partial charge in [0.1, 0.15) is 16.5 Å². The first-order chi connectivity index (χ1) is 9.60. The van der Waals surface area contributed by atoms with Crippen LogP contribution in [0.1, 0.15) is 28.8 Å². The number of nitrogens with one attached hydrogen (secondary N) is 2. The summed E-state index contributed by atoms with van der Waals surface area (Å²) in [5, 5.41) is 14.9. The second-order valence-electron chi connectivity index (χ2n) is 4.03. The van der Waals surface area contributed by atoms with Crippen LogP contribution in [0.3, 0.4) is 0 Å². The van der Waals surface area contributed by atoms with Crippen molar-refractivity contribution in [1.29, 1.82) is 0 Å². The Kier molecular flexibility index (Phi) is 4.86. The van der Waals surface area contributed by atoms with E-state index in [0.717, 1.165) is 18.0 Å². The maximum atomic E-state index is 12.1. The molecule has 0 aliphatic rings. The van der Waals surface area contributed by atoms with E-state index in [2.05, 4.69) is 25.8 Å². The summed E-state index contributed by atoms with van der Waals surface area (Å²) in [6.45, 7) is 4.65. The number of hydrogen-bond acceptors (Lipinski definition) is 6. The molecule has 0 radical (unpaired) electrons. The fraction of sp³-hybridized carbons (Fsp3) is 0.333. The van der Waals surface area contributed by atoms with Crippen LogP contribution in [0, 0.1) is 6.92 Å². The van der Waals surface area contributed by atoms with Gasteiger partial charge < -0.3 is 5.32 Å². The zero-order chi connectivity index (χ0) is 14.5. The molecule has 0 saturated carbocycles. The number of rotatable bonds is 5. The van der Waals surface area contributed by atoms with Crippen molar-refractivity contribution in [2.75, 3.05) is 17.2 Å². The van der Waals surface area contributed by atoms with Crippen LogP contribution in [-0.2, 0) is 0 Å². The molecule has 20 heavy (non-hydrogen) atoms. The molecule has 2 aromatic heterocycles. The number of aryl methyl sites for hydroxylation is 1. The lowest BCUT2D eigenvalue weighted by atomic mass is 10.3. The normalized spacial score (nSPS) is 10.3. The van der Waals surface area contributed by atoms with Crippen molar-refractivity contribution >= 4 is 39.8 Å². The number of halogens is 1. The molecule has 0 aromatic carbocycles. The van der Waals surface area contributed by atoms with Gasteiger partial charge in [0.25, 0.3) is 5.91 Å². The third kappa shape index (κ3) is 3.64. The molecule has 106 valence electrons. The predicted molar refractivity (Wildman–Crippen MR) is 80.6 cm³/mol. The molecule has 0 spiro atoms. The number of carbonyl (C=O) groups is 1. The third-order valence-corrected chi connectivity index (χ3v) is 3.42. The van der Waals surface area contributed by atoms with Crippen LogP contribution < -0.4 is 10.6 Å². The van der Waals surface area contributed by atoms with Crippen LogP contribution in [0.5, 0.6) is 0 Å². The number of pyridine rings is 1. The van der Waals surface area contributed by atoms with Crippen molar-refractivity contribution < 1.29 is 4.79 Å². The van der Waals surface area contributed by atoms with E-state index >= 15 is 0 Å². The van der Waals surface area contributed by atoms with Gasteiger partial charge in [-0.15, -0.1) is 10.2 Å². The van der Waals surface area contributed by atoms with Crippen molar-refractivity contribution in [1.82, 2.24) is 15.2 Å². The van der Waals surface area contributed by atoms with Gasteiger partial charge in [0.05, 0.1) is 5.02 Å². The van der Waals surface area contributed by atoms with Gasteiger partial charge in [-0.25, -0.2) is 4.98 Å². The maximum Gasteiger partial charge on any atom is 0.277 e. The smallest absolute Gasteiger partial charge is 0.277 e. The first kappa shape index (κ1) is 14.7. The second-order valence-corrected chi connectivity index (χ2v) is 5.62. The first-order valence-electron chi connectivity index (χ1n) is 6.12.